The minimum absolute atomic E-state index is 0.0375. The molecule has 2 heterocycles. The first-order valence-electron chi connectivity index (χ1n) is 5.95. The third-order valence-electron chi connectivity index (χ3n) is 3.46. The van der Waals surface area contributed by atoms with Crippen LogP contribution in [-0.4, -0.2) is 11.7 Å². The maximum absolute atomic E-state index is 14.3. The molecule has 1 aliphatic rings. The Morgan fingerprint density at radius 1 is 1.42 bits per heavy atom. The number of phenolic OH excluding ortho intramolecular Hbond substituents is 1. The van der Waals surface area contributed by atoms with E-state index in [1.807, 2.05) is 19.9 Å². The topological polar surface area (TPSA) is 32.3 Å². The summed E-state index contributed by atoms with van der Waals surface area (Å²) in [6.45, 7) is 4.73. The molecular weight excluding hydrogens is 285 g/mol. The van der Waals surface area contributed by atoms with Crippen molar-refractivity contribution in [1.29, 1.82) is 0 Å². The van der Waals surface area contributed by atoms with Crippen molar-refractivity contribution in [3.63, 3.8) is 0 Å². The molecule has 0 fully saturated rings. The van der Waals surface area contributed by atoms with Crippen molar-refractivity contribution in [3.8, 4) is 16.2 Å². The Kier molecular flexibility index (Phi) is 2.76. The highest BCUT2D eigenvalue weighted by atomic mass is 35.5. The number of rotatable bonds is 1. The zero-order chi connectivity index (χ0) is 13.8. The highest BCUT2D eigenvalue weighted by Gasteiger charge is 2.36. The standard InChI is InChI=1S/C14H13ClFNOS/c1-14(2)6-17-13-8(18)5-7(16)11(12(13)14)9-3-4-10(15)19-9/h3-5,17-18H,6H2,1-2H3. The zero-order valence-corrected chi connectivity index (χ0v) is 12.1. The Bertz CT molecular complexity index is 666. The summed E-state index contributed by atoms with van der Waals surface area (Å²) in [5.41, 5.74) is 1.76. The Hall–Kier alpha value is -1.26. The molecule has 0 saturated carbocycles. The van der Waals surface area contributed by atoms with Crippen LogP contribution in [0.3, 0.4) is 0 Å². The zero-order valence-electron chi connectivity index (χ0n) is 10.6. The van der Waals surface area contributed by atoms with Crippen molar-refractivity contribution in [2.75, 3.05) is 11.9 Å². The molecule has 0 amide bonds. The maximum Gasteiger partial charge on any atom is 0.141 e. The third-order valence-corrected chi connectivity index (χ3v) is 4.71. The molecule has 1 aromatic carbocycles. The van der Waals surface area contributed by atoms with Gasteiger partial charge < -0.3 is 10.4 Å². The fourth-order valence-electron chi connectivity index (χ4n) is 2.58. The molecule has 0 spiro atoms. The van der Waals surface area contributed by atoms with Gasteiger partial charge in [-0.05, 0) is 17.7 Å². The van der Waals surface area contributed by atoms with Crippen LogP contribution in [0.1, 0.15) is 19.4 Å². The quantitative estimate of drug-likeness (QED) is 0.753. The molecule has 2 N–H and O–H groups in total. The van der Waals surface area contributed by atoms with E-state index < -0.39 is 5.82 Å². The molecule has 2 aromatic rings. The SMILES string of the molecule is CC1(C)CNc2c(O)cc(F)c(-c3ccc(Cl)s3)c21. The average Bonchev–Trinajstić information content (AvgIpc) is 2.85. The van der Waals surface area contributed by atoms with Crippen LogP contribution in [0.15, 0.2) is 18.2 Å². The number of thiophene rings is 1. The van der Waals surface area contributed by atoms with Gasteiger partial charge in [-0.25, -0.2) is 4.39 Å². The monoisotopic (exact) mass is 297 g/mol. The molecule has 1 aromatic heterocycles. The van der Waals surface area contributed by atoms with Crippen molar-refractivity contribution in [2.24, 2.45) is 0 Å². The maximum atomic E-state index is 14.3. The van der Waals surface area contributed by atoms with E-state index in [1.54, 1.807) is 6.07 Å². The number of nitrogens with one attached hydrogen (secondary N) is 1. The van der Waals surface area contributed by atoms with E-state index in [1.165, 1.54) is 11.3 Å². The summed E-state index contributed by atoms with van der Waals surface area (Å²) < 4.78 is 14.9. The van der Waals surface area contributed by atoms with Gasteiger partial charge in [0, 0.05) is 28.5 Å². The smallest absolute Gasteiger partial charge is 0.141 e. The number of fused-ring (bicyclic) bond motifs is 1. The molecule has 100 valence electrons. The minimum atomic E-state index is -0.411. The van der Waals surface area contributed by atoms with Gasteiger partial charge in [0.1, 0.15) is 11.6 Å². The normalized spacial score (nSPS) is 16.2. The third kappa shape index (κ3) is 1.90. The molecule has 0 radical (unpaired) electrons. The molecule has 0 aliphatic carbocycles. The Labute approximate surface area is 119 Å². The van der Waals surface area contributed by atoms with Crippen LogP contribution in [-0.2, 0) is 5.41 Å². The van der Waals surface area contributed by atoms with E-state index in [4.69, 9.17) is 11.6 Å². The van der Waals surface area contributed by atoms with Crippen molar-refractivity contribution in [3.05, 3.63) is 33.9 Å². The minimum Gasteiger partial charge on any atom is -0.506 e. The molecule has 3 rings (SSSR count). The van der Waals surface area contributed by atoms with E-state index in [0.717, 1.165) is 16.5 Å². The summed E-state index contributed by atoms with van der Waals surface area (Å²) >= 11 is 7.29. The van der Waals surface area contributed by atoms with Crippen LogP contribution in [0.4, 0.5) is 10.1 Å². The molecule has 5 heteroatoms. The summed E-state index contributed by atoms with van der Waals surface area (Å²) in [6.07, 6.45) is 0. The lowest BCUT2D eigenvalue weighted by Crippen LogP contribution is -2.20. The van der Waals surface area contributed by atoms with Gasteiger partial charge >= 0.3 is 0 Å². The second kappa shape index (κ2) is 4.12. The number of hydrogen-bond donors (Lipinski definition) is 2. The lowest BCUT2D eigenvalue weighted by Gasteiger charge is -2.21. The number of anilines is 1. The van der Waals surface area contributed by atoms with Gasteiger partial charge in [-0.1, -0.05) is 25.4 Å². The van der Waals surface area contributed by atoms with E-state index >= 15 is 0 Å². The molecule has 0 unspecified atom stereocenters. The van der Waals surface area contributed by atoms with Crippen LogP contribution in [0.2, 0.25) is 4.34 Å². The number of aromatic hydroxyl groups is 1. The van der Waals surface area contributed by atoms with Crippen LogP contribution >= 0.6 is 22.9 Å². The predicted molar refractivity (Wildman–Crippen MR) is 77.9 cm³/mol. The lowest BCUT2D eigenvalue weighted by atomic mass is 9.83. The Balaban J connectivity index is 2.34. The summed E-state index contributed by atoms with van der Waals surface area (Å²) in [6, 6.07) is 4.74. The fraction of sp³-hybridized carbons (Fsp3) is 0.286. The highest BCUT2D eigenvalue weighted by molar-refractivity contribution is 7.19. The molecular formula is C14H13ClFNOS. The second-order valence-corrected chi connectivity index (χ2v) is 7.06. The summed E-state index contributed by atoms with van der Waals surface area (Å²) in [5, 5.41) is 13.1. The van der Waals surface area contributed by atoms with Crippen LogP contribution in [0.25, 0.3) is 10.4 Å². The van der Waals surface area contributed by atoms with Gasteiger partial charge in [0.05, 0.1) is 10.0 Å². The Morgan fingerprint density at radius 3 is 2.79 bits per heavy atom. The summed E-state index contributed by atoms with van der Waals surface area (Å²) in [7, 11) is 0. The van der Waals surface area contributed by atoms with Crippen molar-refractivity contribution < 1.29 is 9.50 Å². The number of phenols is 1. The van der Waals surface area contributed by atoms with E-state index in [-0.39, 0.29) is 11.2 Å². The highest BCUT2D eigenvalue weighted by Crippen LogP contribution is 2.49. The van der Waals surface area contributed by atoms with E-state index in [9.17, 15) is 9.50 Å². The largest absolute Gasteiger partial charge is 0.506 e. The van der Waals surface area contributed by atoms with Gasteiger partial charge in [0.15, 0.2) is 0 Å². The van der Waals surface area contributed by atoms with Gasteiger partial charge in [-0.2, -0.15) is 0 Å². The lowest BCUT2D eigenvalue weighted by molar-refractivity contribution is 0.471. The van der Waals surface area contributed by atoms with Gasteiger partial charge in [-0.15, -0.1) is 11.3 Å². The molecule has 2 nitrogen and oxygen atoms in total. The molecule has 19 heavy (non-hydrogen) atoms. The summed E-state index contributed by atoms with van der Waals surface area (Å²) in [4.78, 5) is 0.788. The molecule has 0 saturated heterocycles. The first-order valence-corrected chi connectivity index (χ1v) is 7.15. The van der Waals surface area contributed by atoms with Gasteiger partial charge in [-0.3, -0.25) is 0 Å². The van der Waals surface area contributed by atoms with Crippen molar-refractivity contribution >= 4 is 28.6 Å². The van der Waals surface area contributed by atoms with Crippen LogP contribution < -0.4 is 5.32 Å². The van der Waals surface area contributed by atoms with E-state index in [0.29, 0.717) is 22.1 Å². The van der Waals surface area contributed by atoms with Gasteiger partial charge in [0.2, 0.25) is 0 Å². The van der Waals surface area contributed by atoms with Gasteiger partial charge in [0.25, 0.3) is 0 Å². The average molecular weight is 298 g/mol. The molecule has 1 aliphatic heterocycles. The van der Waals surface area contributed by atoms with Crippen LogP contribution in [0.5, 0.6) is 5.75 Å². The molecule has 0 atom stereocenters. The number of halogens is 2. The Morgan fingerprint density at radius 2 is 2.16 bits per heavy atom. The van der Waals surface area contributed by atoms with Crippen molar-refractivity contribution in [1.82, 2.24) is 0 Å². The van der Waals surface area contributed by atoms with E-state index in [2.05, 4.69) is 5.32 Å². The van der Waals surface area contributed by atoms with Crippen LogP contribution in [0, 0.1) is 5.82 Å². The summed E-state index contributed by atoms with van der Waals surface area (Å²) in [5.74, 6) is -0.448. The number of benzene rings is 1. The fourth-order valence-corrected chi connectivity index (χ4v) is 3.68. The number of hydrogen-bond acceptors (Lipinski definition) is 3. The first kappa shape index (κ1) is 12.8. The first-order chi connectivity index (χ1) is 8.90. The second-order valence-electron chi connectivity index (χ2n) is 5.34. The molecule has 0 bridgehead atoms. The van der Waals surface area contributed by atoms with Crippen molar-refractivity contribution in [2.45, 2.75) is 19.3 Å². The predicted octanol–water partition coefficient (Wildman–Crippen LogP) is 4.62.